The SMILES string of the molecule is Cc1csc(C(C)O)c1Cl. The average molecular weight is 177 g/mol. The molecule has 0 fully saturated rings. The number of hydrogen-bond donors (Lipinski definition) is 1. The van der Waals surface area contributed by atoms with E-state index in [9.17, 15) is 0 Å². The molecule has 0 aliphatic heterocycles. The molecule has 0 saturated carbocycles. The van der Waals surface area contributed by atoms with Crippen molar-refractivity contribution in [2.24, 2.45) is 0 Å². The largest absolute Gasteiger partial charge is 0.388 e. The first-order valence-electron chi connectivity index (χ1n) is 3.04. The first-order chi connectivity index (χ1) is 4.63. The lowest BCUT2D eigenvalue weighted by Crippen LogP contribution is -1.86. The fourth-order valence-corrected chi connectivity index (χ4v) is 2.03. The summed E-state index contributed by atoms with van der Waals surface area (Å²) in [7, 11) is 0. The highest BCUT2D eigenvalue weighted by Gasteiger charge is 2.09. The van der Waals surface area contributed by atoms with Crippen LogP contribution in [0.25, 0.3) is 0 Å². The van der Waals surface area contributed by atoms with Crippen LogP contribution in [0, 0.1) is 6.92 Å². The van der Waals surface area contributed by atoms with Crippen LogP contribution in [0.1, 0.15) is 23.5 Å². The molecule has 1 atom stereocenters. The third-order valence-corrected chi connectivity index (χ3v) is 3.19. The molecule has 0 aromatic carbocycles. The van der Waals surface area contributed by atoms with Gasteiger partial charge in [-0.05, 0) is 24.8 Å². The third kappa shape index (κ3) is 1.34. The van der Waals surface area contributed by atoms with Crippen molar-refractivity contribution in [2.75, 3.05) is 0 Å². The van der Waals surface area contributed by atoms with Crippen LogP contribution < -0.4 is 0 Å². The lowest BCUT2D eigenvalue weighted by molar-refractivity contribution is 0.203. The highest BCUT2D eigenvalue weighted by Crippen LogP contribution is 2.31. The Bertz CT molecular complexity index is 230. The zero-order chi connectivity index (χ0) is 7.72. The number of aliphatic hydroxyl groups excluding tert-OH is 1. The van der Waals surface area contributed by atoms with Gasteiger partial charge in [0.25, 0.3) is 0 Å². The van der Waals surface area contributed by atoms with Crippen LogP contribution in [-0.4, -0.2) is 5.11 Å². The number of hydrogen-bond acceptors (Lipinski definition) is 2. The maximum atomic E-state index is 9.14. The number of rotatable bonds is 1. The minimum atomic E-state index is -0.439. The van der Waals surface area contributed by atoms with Gasteiger partial charge in [-0.25, -0.2) is 0 Å². The molecule has 3 heteroatoms. The Kier molecular flexibility index (Phi) is 2.34. The van der Waals surface area contributed by atoms with Crippen LogP contribution in [0.2, 0.25) is 5.02 Å². The van der Waals surface area contributed by atoms with Gasteiger partial charge in [-0.1, -0.05) is 11.6 Å². The van der Waals surface area contributed by atoms with E-state index in [1.54, 1.807) is 6.92 Å². The second-order valence-electron chi connectivity index (χ2n) is 2.27. The normalized spacial score (nSPS) is 13.6. The van der Waals surface area contributed by atoms with Gasteiger partial charge in [-0.2, -0.15) is 0 Å². The minimum absolute atomic E-state index is 0.439. The van der Waals surface area contributed by atoms with Crippen molar-refractivity contribution in [2.45, 2.75) is 20.0 Å². The first-order valence-corrected chi connectivity index (χ1v) is 4.30. The van der Waals surface area contributed by atoms with Crippen LogP contribution in [-0.2, 0) is 0 Å². The molecular weight excluding hydrogens is 168 g/mol. The van der Waals surface area contributed by atoms with Gasteiger partial charge in [0.15, 0.2) is 0 Å². The topological polar surface area (TPSA) is 20.2 Å². The molecule has 1 nitrogen and oxygen atoms in total. The monoisotopic (exact) mass is 176 g/mol. The van der Waals surface area contributed by atoms with Gasteiger partial charge in [0.1, 0.15) is 0 Å². The predicted octanol–water partition coefficient (Wildman–Crippen LogP) is 2.76. The molecule has 10 heavy (non-hydrogen) atoms. The van der Waals surface area contributed by atoms with Crippen molar-refractivity contribution >= 4 is 22.9 Å². The molecule has 0 aliphatic carbocycles. The lowest BCUT2D eigenvalue weighted by Gasteiger charge is -1.99. The number of halogens is 1. The summed E-state index contributed by atoms with van der Waals surface area (Å²) < 4.78 is 0. The Morgan fingerprint density at radius 3 is 2.50 bits per heavy atom. The average Bonchev–Trinajstić information content (AvgIpc) is 2.14. The number of aliphatic hydroxyl groups is 1. The molecule has 1 rings (SSSR count). The maximum Gasteiger partial charge on any atom is 0.0869 e. The minimum Gasteiger partial charge on any atom is -0.388 e. The molecule has 0 radical (unpaired) electrons. The molecule has 0 spiro atoms. The van der Waals surface area contributed by atoms with Crippen LogP contribution in [0.5, 0.6) is 0 Å². The summed E-state index contributed by atoms with van der Waals surface area (Å²) in [5, 5.41) is 11.8. The summed E-state index contributed by atoms with van der Waals surface area (Å²) >= 11 is 7.36. The van der Waals surface area contributed by atoms with Gasteiger partial charge in [0, 0.05) is 0 Å². The van der Waals surface area contributed by atoms with E-state index in [1.165, 1.54) is 11.3 Å². The molecule has 1 aromatic heterocycles. The first kappa shape index (κ1) is 8.05. The van der Waals surface area contributed by atoms with Crippen LogP contribution in [0.4, 0.5) is 0 Å². The van der Waals surface area contributed by atoms with E-state index in [0.717, 1.165) is 10.4 Å². The summed E-state index contributed by atoms with van der Waals surface area (Å²) in [6.45, 7) is 3.65. The van der Waals surface area contributed by atoms with Crippen LogP contribution in [0.15, 0.2) is 5.38 Å². The van der Waals surface area contributed by atoms with Crippen molar-refractivity contribution in [1.29, 1.82) is 0 Å². The van der Waals surface area contributed by atoms with E-state index in [1.807, 2.05) is 12.3 Å². The Balaban J connectivity index is 3.05. The quantitative estimate of drug-likeness (QED) is 0.698. The van der Waals surface area contributed by atoms with E-state index in [2.05, 4.69) is 0 Å². The molecule has 0 bridgehead atoms. The van der Waals surface area contributed by atoms with E-state index in [4.69, 9.17) is 16.7 Å². The highest BCUT2D eigenvalue weighted by molar-refractivity contribution is 7.10. The molecule has 1 N–H and O–H groups in total. The Morgan fingerprint density at radius 2 is 2.30 bits per heavy atom. The van der Waals surface area contributed by atoms with Crippen molar-refractivity contribution in [1.82, 2.24) is 0 Å². The van der Waals surface area contributed by atoms with Gasteiger partial charge < -0.3 is 5.11 Å². The van der Waals surface area contributed by atoms with Gasteiger partial charge >= 0.3 is 0 Å². The van der Waals surface area contributed by atoms with Crippen molar-refractivity contribution in [3.05, 3.63) is 20.8 Å². The standard InChI is InChI=1S/C7H9ClOS/c1-4-3-10-7(5(2)9)6(4)8/h3,5,9H,1-2H3. The molecule has 1 unspecified atom stereocenters. The molecular formula is C7H9ClOS. The summed E-state index contributed by atoms with van der Waals surface area (Å²) in [6.07, 6.45) is -0.439. The molecule has 1 aromatic rings. The van der Waals surface area contributed by atoms with Gasteiger partial charge in [0.05, 0.1) is 16.0 Å². The zero-order valence-electron chi connectivity index (χ0n) is 5.89. The number of aryl methyl sites for hydroxylation is 1. The van der Waals surface area contributed by atoms with Crippen molar-refractivity contribution in [3.63, 3.8) is 0 Å². The van der Waals surface area contributed by atoms with Crippen LogP contribution >= 0.6 is 22.9 Å². The molecule has 0 amide bonds. The predicted molar refractivity (Wildman–Crippen MR) is 44.7 cm³/mol. The van der Waals surface area contributed by atoms with Gasteiger partial charge in [-0.15, -0.1) is 11.3 Å². The van der Waals surface area contributed by atoms with E-state index in [-0.39, 0.29) is 0 Å². The molecule has 56 valence electrons. The fourth-order valence-electron chi connectivity index (χ4n) is 0.732. The molecule has 0 saturated heterocycles. The van der Waals surface area contributed by atoms with Crippen molar-refractivity contribution in [3.8, 4) is 0 Å². The van der Waals surface area contributed by atoms with E-state index >= 15 is 0 Å². The maximum absolute atomic E-state index is 9.14. The molecule has 1 heterocycles. The Hall–Kier alpha value is -0.0500. The van der Waals surface area contributed by atoms with Gasteiger partial charge in [0.2, 0.25) is 0 Å². The smallest absolute Gasteiger partial charge is 0.0869 e. The van der Waals surface area contributed by atoms with Crippen LogP contribution in [0.3, 0.4) is 0 Å². The van der Waals surface area contributed by atoms with Gasteiger partial charge in [-0.3, -0.25) is 0 Å². The summed E-state index contributed by atoms with van der Waals surface area (Å²) in [5.41, 5.74) is 1.04. The van der Waals surface area contributed by atoms with E-state index in [0.29, 0.717) is 5.02 Å². The fraction of sp³-hybridized carbons (Fsp3) is 0.429. The van der Waals surface area contributed by atoms with E-state index < -0.39 is 6.10 Å². The third-order valence-electron chi connectivity index (χ3n) is 1.30. The lowest BCUT2D eigenvalue weighted by atomic mass is 10.3. The summed E-state index contributed by atoms with van der Waals surface area (Å²) in [6, 6.07) is 0. The second kappa shape index (κ2) is 2.91. The number of thiophene rings is 1. The Labute approximate surface area is 69.3 Å². The van der Waals surface area contributed by atoms with Crippen molar-refractivity contribution < 1.29 is 5.11 Å². The Morgan fingerprint density at radius 1 is 1.70 bits per heavy atom. The summed E-state index contributed by atoms with van der Waals surface area (Å²) in [4.78, 5) is 0.860. The summed E-state index contributed by atoms with van der Waals surface area (Å²) in [5.74, 6) is 0. The molecule has 0 aliphatic rings. The zero-order valence-corrected chi connectivity index (χ0v) is 7.46. The highest BCUT2D eigenvalue weighted by atomic mass is 35.5. The second-order valence-corrected chi connectivity index (χ2v) is 3.56.